The van der Waals surface area contributed by atoms with Crippen LogP contribution in [0.2, 0.25) is 0 Å². The van der Waals surface area contributed by atoms with Crippen molar-refractivity contribution in [3.63, 3.8) is 0 Å². The number of hydrogen-bond acceptors (Lipinski definition) is 4. The Morgan fingerprint density at radius 3 is 2.83 bits per heavy atom. The van der Waals surface area contributed by atoms with Crippen molar-refractivity contribution < 1.29 is 14.6 Å². The Morgan fingerprint density at radius 2 is 2.11 bits per heavy atom. The van der Waals surface area contributed by atoms with Gasteiger partial charge in [0.2, 0.25) is 12.0 Å². The molecule has 2 rings (SSSR count). The molecule has 0 fully saturated rings. The number of hydrogen-bond donors (Lipinski definition) is 1. The SMILES string of the molecule is [O-][n+]1ccccc1C(O)OCCc1ccccn1. The predicted molar refractivity (Wildman–Crippen MR) is 64.3 cm³/mol. The fourth-order valence-corrected chi connectivity index (χ4v) is 1.54. The van der Waals surface area contributed by atoms with Gasteiger partial charge in [0.25, 0.3) is 0 Å². The summed E-state index contributed by atoms with van der Waals surface area (Å²) in [5.74, 6) is 0. The highest BCUT2D eigenvalue weighted by Gasteiger charge is 2.16. The first-order chi connectivity index (χ1) is 8.77. The molecule has 1 unspecified atom stereocenters. The van der Waals surface area contributed by atoms with Crippen molar-refractivity contribution >= 4 is 0 Å². The molecule has 18 heavy (non-hydrogen) atoms. The van der Waals surface area contributed by atoms with E-state index in [2.05, 4.69) is 4.98 Å². The maximum atomic E-state index is 11.4. The summed E-state index contributed by atoms with van der Waals surface area (Å²) in [4.78, 5) is 4.14. The zero-order valence-corrected chi connectivity index (χ0v) is 9.77. The summed E-state index contributed by atoms with van der Waals surface area (Å²) in [5.41, 5.74) is 1.06. The predicted octanol–water partition coefficient (Wildman–Crippen LogP) is 0.965. The van der Waals surface area contributed by atoms with Gasteiger partial charge in [0.05, 0.1) is 6.61 Å². The molecule has 2 aromatic heterocycles. The van der Waals surface area contributed by atoms with Crippen molar-refractivity contribution in [2.45, 2.75) is 12.7 Å². The summed E-state index contributed by atoms with van der Waals surface area (Å²) in [5, 5.41) is 21.1. The zero-order valence-electron chi connectivity index (χ0n) is 9.77. The average Bonchev–Trinajstić information content (AvgIpc) is 2.40. The van der Waals surface area contributed by atoms with Gasteiger partial charge < -0.3 is 15.1 Å². The molecule has 0 radical (unpaired) electrons. The number of ether oxygens (including phenoxy) is 1. The third-order valence-electron chi connectivity index (χ3n) is 2.47. The molecule has 0 amide bonds. The van der Waals surface area contributed by atoms with E-state index < -0.39 is 6.29 Å². The molecule has 0 aliphatic rings. The van der Waals surface area contributed by atoms with Crippen LogP contribution in [0.15, 0.2) is 48.8 Å². The van der Waals surface area contributed by atoms with Crippen LogP contribution < -0.4 is 4.73 Å². The van der Waals surface area contributed by atoms with Crippen LogP contribution >= 0.6 is 0 Å². The van der Waals surface area contributed by atoms with Gasteiger partial charge >= 0.3 is 0 Å². The number of rotatable bonds is 5. The van der Waals surface area contributed by atoms with E-state index in [4.69, 9.17) is 4.74 Å². The lowest BCUT2D eigenvalue weighted by Gasteiger charge is -2.11. The quantitative estimate of drug-likeness (QED) is 0.485. The fraction of sp³-hybridized carbons (Fsp3) is 0.231. The van der Waals surface area contributed by atoms with Crippen molar-refractivity contribution in [3.05, 3.63) is 65.4 Å². The second kappa shape index (κ2) is 6.09. The number of aromatic nitrogens is 2. The van der Waals surface area contributed by atoms with Crippen molar-refractivity contribution in [3.8, 4) is 0 Å². The highest BCUT2D eigenvalue weighted by atomic mass is 16.6. The maximum Gasteiger partial charge on any atom is 0.249 e. The van der Waals surface area contributed by atoms with Gasteiger partial charge in [-0.15, -0.1) is 0 Å². The first kappa shape index (κ1) is 12.5. The lowest BCUT2D eigenvalue weighted by molar-refractivity contribution is -0.623. The summed E-state index contributed by atoms with van der Waals surface area (Å²) >= 11 is 0. The van der Waals surface area contributed by atoms with Gasteiger partial charge in [0, 0.05) is 30.4 Å². The average molecular weight is 246 g/mol. The Bertz CT molecular complexity index is 491. The maximum absolute atomic E-state index is 11.4. The highest BCUT2D eigenvalue weighted by molar-refractivity contribution is 5.03. The summed E-state index contributed by atoms with van der Waals surface area (Å²) in [7, 11) is 0. The van der Waals surface area contributed by atoms with E-state index in [0.29, 0.717) is 17.8 Å². The Balaban J connectivity index is 1.86. The third-order valence-corrected chi connectivity index (χ3v) is 2.47. The summed E-state index contributed by atoms with van der Waals surface area (Å²) in [6, 6.07) is 10.4. The van der Waals surface area contributed by atoms with E-state index in [0.717, 1.165) is 5.69 Å². The molecule has 0 bridgehead atoms. The van der Waals surface area contributed by atoms with Crippen LogP contribution in [-0.2, 0) is 11.2 Å². The van der Waals surface area contributed by atoms with E-state index >= 15 is 0 Å². The van der Waals surface area contributed by atoms with Crippen LogP contribution in [0.4, 0.5) is 0 Å². The van der Waals surface area contributed by atoms with Crippen LogP contribution in [-0.4, -0.2) is 16.7 Å². The normalized spacial score (nSPS) is 12.3. The van der Waals surface area contributed by atoms with Gasteiger partial charge in [0.15, 0.2) is 6.20 Å². The van der Waals surface area contributed by atoms with Gasteiger partial charge in [-0.1, -0.05) is 6.07 Å². The smallest absolute Gasteiger partial charge is 0.249 e. The lowest BCUT2D eigenvalue weighted by atomic mass is 10.3. The van der Waals surface area contributed by atoms with E-state index in [1.54, 1.807) is 18.3 Å². The Labute approximate surface area is 105 Å². The Morgan fingerprint density at radius 1 is 1.28 bits per heavy atom. The van der Waals surface area contributed by atoms with Crippen LogP contribution in [0, 0.1) is 5.21 Å². The van der Waals surface area contributed by atoms with Crippen LogP contribution in [0.5, 0.6) is 0 Å². The van der Waals surface area contributed by atoms with Crippen LogP contribution in [0.25, 0.3) is 0 Å². The second-order valence-corrected chi connectivity index (χ2v) is 3.75. The molecule has 2 aromatic rings. The molecule has 0 aliphatic carbocycles. The standard InChI is InChI=1S/C13H14N2O3/c16-13(12-6-2-4-9-15(12)17)18-10-7-11-5-1-3-8-14-11/h1-6,8-9,13,16H,7,10H2. The van der Waals surface area contributed by atoms with Gasteiger partial charge in [-0.3, -0.25) is 4.98 Å². The summed E-state index contributed by atoms with van der Waals surface area (Å²) in [6.45, 7) is 0.299. The van der Waals surface area contributed by atoms with E-state index in [-0.39, 0.29) is 5.69 Å². The first-order valence-corrected chi connectivity index (χ1v) is 5.65. The highest BCUT2D eigenvalue weighted by Crippen LogP contribution is 2.09. The molecule has 5 nitrogen and oxygen atoms in total. The topological polar surface area (TPSA) is 69.3 Å². The fourth-order valence-electron chi connectivity index (χ4n) is 1.54. The van der Waals surface area contributed by atoms with Crippen molar-refractivity contribution in [1.29, 1.82) is 0 Å². The van der Waals surface area contributed by atoms with Crippen molar-refractivity contribution in [1.82, 2.24) is 4.98 Å². The first-order valence-electron chi connectivity index (χ1n) is 5.65. The zero-order chi connectivity index (χ0) is 12.8. The molecule has 2 heterocycles. The molecule has 0 spiro atoms. The third kappa shape index (κ3) is 3.26. The van der Waals surface area contributed by atoms with E-state index in [1.807, 2.05) is 18.2 Å². The molecule has 0 saturated heterocycles. The second-order valence-electron chi connectivity index (χ2n) is 3.75. The van der Waals surface area contributed by atoms with E-state index in [1.165, 1.54) is 12.3 Å². The van der Waals surface area contributed by atoms with Crippen LogP contribution in [0.1, 0.15) is 17.7 Å². The van der Waals surface area contributed by atoms with Gasteiger partial charge in [-0.2, -0.15) is 4.73 Å². The number of aliphatic hydroxyl groups is 1. The lowest BCUT2D eigenvalue weighted by Crippen LogP contribution is -2.33. The Hall–Kier alpha value is -1.98. The summed E-state index contributed by atoms with van der Waals surface area (Å²) < 4.78 is 5.80. The minimum Gasteiger partial charge on any atom is -0.618 e. The molecule has 94 valence electrons. The molecular formula is C13H14N2O3. The molecular weight excluding hydrogens is 232 g/mol. The molecule has 0 aliphatic heterocycles. The largest absolute Gasteiger partial charge is 0.618 e. The monoisotopic (exact) mass is 246 g/mol. The number of aliphatic hydroxyl groups excluding tert-OH is 1. The minimum absolute atomic E-state index is 0.179. The summed E-state index contributed by atoms with van der Waals surface area (Å²) in [6.07, 6.45) is 2.39. The molecule has 1 atom stereocenters. The van der Waals surface area contributed by atoms with Crippen LogP contribution in [0.3, 0.4) is 0 Å². The molecule has 1 N–H and O–H groups in total. The Kier molecular flexibility index (Phi) is 4.22. The number of nitrogens with zero attached hydrogens (tertiary/aromatic N) is 2. The minimum atomic E-state index is -1.22. The molecule has 0 saturated carbocycles. The number of pyridine rings is 2. The van der Waals surface area contributed by atoms with E-state index in [9.17, 15) is 10.3 Å². The van der Waals surface area contributed by atoms with Gasteiger partial charge in [-0.25, -0.2) is 0 Å². The molecule has 0 aromatic carbocycles. The van der Waals surface area contributed by atoms with Crippen molar-refractivity contribution in [2.24, 2.45) is 0 Å². The molecule has 5 heteroatoms. The van der Waals surface area contributed by atoms with Gasteiger partial charge in [-0.05, 0) is 18.2 Å². The van der Waals surface area contributed by atoms with Gasteiger partial charge in [0.1, 0.15) is 0 Å². The van der Waals surface area contributed by atoms with Crippen molar-refractivity contribution in [2.75, 3.05) is 6.61 Å².